The first-order valence-electron chi connectivity index (χ1n) is 9.17. The highest BCUT2D eigenvalue weighted by Gasteiger charge is 2.36. The lowest BCUT2D eigenvalue weighted by molar-refractivity contribution is -0.122. The summed E-state index contributed by atoms with van der Waals surface area (Å²) in [6, 6.07) is 20.2. The molecule has 0 spiro atoms. The minimum absolute atomic E-state index is 0.238. The predicted molar refractivity (Wildman–Crippen MR) is 117 cm³/mol. The topological polar surface area (TPSA) is 67.6 Å². The molecule has 3 aromatic rings. The number of Topliss-reactive ketones (excluding diaryl/α,β-unsaturated/α-hetero) is 1. The number of ketones is 1. The molecule has 2 heterocycles. The van der Waals surface area contributed by atoms with Crippen molar-refractivity contribution in [1.29, 1.82) is 0 Å². The van der Waals surface area contributed by atoms with E-state index in [1.165, 1.54) is 23.4 Å². The van der Waals surface area contributed by atoms with Gasteiger partial charge >= 0.3 is 0 Å². The summed E-state index contributed by atoms with van der Waals surface area (Å²) >= 11 is 2.28. The molecule has 4 rings (SSSR count). The van der Waals surface area contributed by atoms with E-state index >= 15 is 0 Å². The van der Waals surface area contributed by atoms with Crippen molar-refractivity contribution < 1.29 is 18.8 Å². The van der Waals surface area contributed by atoms with Crippen LogP contribution in [-0.2, 0) is 4.79 Å². The van der Waals surface area contributed by atoms with Crippen LogP contribution in [0.2, 0.25) is 0 Å². The van der Waals surface area contributed by atoms with Gasteiger partial charge in [0.05, 0.1) is 11.4 Å². The van der Waals surface area contributed by atoms with Crippen LogP contribution < -0.4 is 0 Å². The first kappa shape index (κ1) is 20.3. The van der Waals surface area contributed by atoms with Crippen LogP contribution in [0.25, 0.3) is 6.08 Å². The zero-order valence-electron chi connectivity index (χ0n) is 16.0. The Hall–Kier alpha value is -3.03. The molecule has 2 aromatic carbocycles. The molecule has 0 bridgehead atoms. The lowest BCUT2D eigenvalue weighted by Gasteiger charge is -2.11. The highest BCUT2D eigenvalue weighted by molar-refractivity contribution is 8.18. The minimum Gasteiger partial charge on any atom is -0.450 e. The molecule has 7 heteroatoms. The van der Waals surface area contributed by atoms with E-state index in [1.807, 2.05) is 37.3 Å². The van der Waals surface area contributed by atoms with Crippen molar-refractivity contribution in [2.24, 2.45) is 0 Å². The van der Waals surface area contributed by atoms with Crippen LogP contribution in [0.1, 0.15) is 21.7 Å². The molecule has 0 radical (unpaired) electrons. The second-order valence-corrected chi connectivity index (χ2v) is 8.70. The van der Waals surface area contributed by atoms with E-state index in [9.17, 15) is 14.4 Å². The SMILES string of the molecule is Cc1ccc(Sc2ccc(/C=C3\SC(=O)N(CC(=O)c4ccccc4)C3=O)o2)cc1. The van der Waals surface area contributed by atoms with E-state index in [0.717, 1.165) is 21.6 Å². The molecule has 0 atom stereocenters. The summed E-state index contributed by atoms with van der Waals surface area (Å²) in [7, 11) is 0. The Bertz CT molecular complexity index is 1130. The molecule has 0 N–H and O–H groups in total. The van der Waals surface area contributed by atoms with Crippen LogP contribution >= 0.6 is 23.5 Å². The number of nitrogens with zero attached hydrogens (tertiary/aromatic N) is 1. The first-order valence-corrected chi connectivity index (χ1v) is 10.8. The molecule has 30 heavy (non-hydrogen) atoms. The summed E-state index contributed by atoms with van der Waals surface area (Å²) in [5, 5.41) is 0.222. The summed E-state index contributed by atoms with van der Waals surface area (Å²) in [6.07, 6.45) is 1.54. The molecule has 5 nitrogen and oxygen atoms in total. The molecular formula is C23H17NO4S2. The van der Waals surface area contributed by atoms with Crippen LogP contribution in [0, 0.1) is 6.92 Å². The predicted octanol–water partition coefficient (Wildman–Crippen LogP) is 5.66. The zero-order chi connectivity index (χ0) is 21.1. The number of benzene rings is 2. The number of furan rings is 1. The van der Waals surface area contributed by atoms with Gasteiger partial charge in [-0.05, 0) is 43.0 Å². The Morgan fingerprint density at radius 3 is 2.50 bits per heavy atom. The highest BCUT2D eigenvalue weighted by atomic mass is 32.2. The Morgan fingerprint density at radius 1 is 1.03 bits per heavy atom. The van der Waals surface area contributed by atoms with Crippen LogP contribution in [-0.4, -0.2) is 28.4 Å². The van der Waals surface area contributed by atoms with Gasteiger partial charge in [0.25, 0.3) is 11.1 Å². The van der Waals surface area contributed by atoms with Crippen molar-refractivity contribution in [3.63, 3.8) is 0 Å². The number of carbonyl (C=O) groups excluding carboxylic acids is 3. The molecule has 1 aliphatic heterocycles. The lowest BCUT2D eigenvalue weighted by atomic mass is 10.1. The molecule has 1 saturated heterocycles. The van der Waals surface area contributed by atoms with Crippen LogP contribution in [0.15, 0.2) is 86.0 Å². The third kappa shape index (κ3) is 4.58. The number of hydrogen-bond acceptors (Lipinski definition) is 6. The second-order valence-electron chi connectivity index (χ2n) is 6.63. The maximum atomic E-state index is 12.6. The highest BCUT2D eigenvalue weighted by Crippen LogP contribution is 2.34. The molecule has 150 valence electrons. The van der Waals surface area contributed by atoms with E-state index in [-0.39, 0.29) is 17.2 Å². The first-order chi connectivity index (χ1) is 14.5. The number of aryl methyl sites for hydroxylation is 1. The van der Waals surface area contributed by atoms with Crippen molar-refractivity contribution in [3.05, 3.63) is 88.5 Å². The standard InChI is InChI=1S/C23H17NO4S2/c1-15-7-10-18(11-8-15)29-21-12-9-17(28-21)13-20-22(26)24(23(27)30-20)14-19(25)16-5-3-2-4-6-16/h2-13H,14H2,1H3/b20-13-. The van der Waals surface area contributed by atoms with Crippen molar-refractivity contribution in [1.82, 2.24) is 4.90 Å². The normalized spacial score (nSPS) is 15.2. The Kier molecular flexibility index (Phi) is 5.92. The number of rotatable bonds is 6. The van der Waals surface area contributed by atoms with Crippen molar-refractivity contribution in [2.75, 3.05) is 6.54 Å². The average Bonchev–Trinajstić information content (AvgIpc) is 3.29. The number of hydrogen-bond donors (Lipinski definition) is 0. The van der Waals surface area contributed by atoms with Gasteiger partial charge < -0.3 is 4.42 Å². The number of amides is 2. The fourth-order valence-corrected chi connectivity index (χ4v) is 4.41. The summed E-state index contributed by atoms with van der Waals surface area (Å²) in [5.41, 5.74) is 1.64. The van der Waals surface area contributed by atoms with Crippen LogP contribution in [0.3, 0.4) is 0 Å². The molecule has 1 aliphatic rings. The van der Waals surface area contributed by atoms with Crippen LogP contribution in [0.4, 0.5) is 4.79 Å². The number of imide groups is 1. The molecule has 0 unspecified atom stereocenters. The smallest absolute Gasteiger partial charge is 0.293 e. The quantitative estimate of drug-likeness (QED) is 0.368. The number of carbonyl (C=O) groups is 3. The molecule has 0 aliphatic carbocycles. The van der Waals surface area contributed by atoms with Gasteiger partial charge in [0.2, 0.25) is 0 Å². The number of thioether (sulfide) groups is 1. The largest absolute Gasteiger partial charge is 0.450 e. The third-order valence-corrected chi connectivity index (χ3v) is 6.22. The monoisotopic (exact) mass is 435 g/mol. The maximum Gasteiger partial charge on any atom is 0.293 e. The maximum absolute atomic E-state index is 12.6. The summed E-state index contributed by atoms with van der Waals surface area (Å²) in [4.78, 5) is 39.5. The summed E-state index contributed by atoms with van der Waals surface area (Å²) in [6.45, 7) is 1.75. The second kappa shape index (κ2) is 8.77. The van der Waals surface area contributed by atoms with E-state index in [1.54, 1.807) is 36.4 Å². The fourth-order valence-electron chi connectivity index (χ4n) is 2.81. The van der Waals surface area contributed by atoms with E-state index in [2.05, 4.69) is 0 Å². The van der Waals surface area contributed by atoms with Gasteiger partial charge in [-0.1, -0.05) is 59.8 Å². The van der Waals surface area contributed by atoms with E-state index in [4.69, 9.17) is 4.42 Å². The molecule has 1 aromatic heterocycles. The minimum atomic E-state index is -0.488. The van der Waals surface area contributed by atoms with Crippen molar-refractivity contribution in [3.8, 4) is 0 Å². The fraction of sp³-hybridized carbons (Fsp3) is 0.0870. The van der Waals surface area contributed by atoms with Crippen molar-refractivity contribution in [2.45, 2.75) is 16.9 Å². The molecule has 0 saturated carbocycles. The van der Waals surface area contributed by atoms with Gasteiger partial charge in [0.15, 0.2) is 10.9 Å². The van der Waals surface area contributed by atoms with Gasteiger partial charge in [-0.3, -0.25) is 19.3 Å². The van der Waals surface area contributed by atoms with Gasteiger partial charge in [0, 0.05) is 16.5 Å². The molecule has 1 fully saturated rings. The van der Waals surface area contributed by atoms with Crippen LogP contribution in [0.5, 0.6) is 0 Å². The average molecular weight is 436 g/mol. The van der Waals surface area contributed by atoms with Crippen molar-refractivity contribution >= 4 is 46.5 Å². The van der Waals surface area contributed by atoms with Gasteiger partial charge in [-0.2, -0.15) is 0 Å². The van der Waals surface area contributed by atoms with Gasteiger partial charge in [0.1, 0.15) is 5.76 Å². The summed E-state index contributed by atoms with van der Waals surface area (Å²) < 4.78 is 5.77. The van der Waals surface area contributed by atoms with Gasteiger partial charge in [-0.15, -0.1) is 0 Å². The van der Waals surface area contributed by atoms with Gasteiger partial charge in [-0.25, -0.2) is 0 Å². The molecular weight excluding hydrogens is 418 g/mol. The van der Waals surface area contributed by atoms with E-state index < -0.39 is 11.1 Å². The summed E-state index contributed by atoms with van der Waals surface area (Å²) in [5.74, 6) is -0.295. The Morgan fingerprint density at radius 2 is 1.77 bits per heavy atom. The third-order valence-electron chi connectivity index (χ3n) is 4.39. The Labute approximate surface area is 182 Å². The Balaban J connectivity index is 1.45. The zero-order valence-corrected chi connectivity index (χ0v) is 17.7. The molecule has 2 amide bonds. The lowest BCUT2D eigenvalue weighted by Crippen LogP contribution is -2.33. The van der Waals surface area contributed by atoms with E-state index in [0.29, 0.717) is 16.4 Å².